The van der Waals surface area contributed by atoms with Crippen molar-refractivity contribution in [2.45, 2.75) is 18.6 Å². The number of ether oxygens (including phenoxy) is 2. The van der Waals surface area contributed by atoms with Gasteiger partial charge in [-0.15, -0.1) is 0 Å². The summed E-state index contributed by atoms with van der Waals surface area (Å²) in [6.07, 6.45) is 0.0493. The van der Waals surface area contributed by atoms with Crippen LogP contribution in [0.4, 0.5) is 5.69 Å². The second-order valence-electron chi connectivity index (χ2n) is 6.27. The average molecular weight is 354 g/mol. The summed E-state index contributed by atoms with van der Waals surface area (Å²) in [4.78, 5) is 26.5. The molecule has 2 aromatic carbocycles. The van der Waals surface area contributed by atoms with E-state index in [2.05, 4.69) is 5.32 Å². The molecule has 2 aliphatic heterocycles. The Kier molecular flexibility index (Phi) is 4.00. The van der Waals surface area contributed by atoms with Crippen molar-refractivity contribution in [3.63, 3.8) is 0 Å². The molecule has 2 aliphatic rings. The molecule has 4 rings (SSSR count). The van der Waals surface area contributed by atoms with Crippen LogP contribution < -0.4 is 19.7 Å². The number of carbonyl (C=O) groups excluding carboxylic acids is 2. The minimum atomic E-state index is -2.05. The van der Waals surface area contributed by atoms with Gasteiger partial charge in [0.2, 0.25) is 12.4 Å². The highest BCUT2D eigenvalue weighted by Gasteiger charge is 2.51. The van der Waals surface area contributed by atoms with Crippen LogP contribution >= 0.6 is 0 Å². The molecule has 134 valence electrons. The molecule has 2 amide bonds. The van der Waals surface area contributed by atoms with E-state index in [9.17, 15) is 14.7 Å². The van der Waals surface area contributed by atoms with Gasteiger partial charge in [0.25, 0.3) is 11.8 Å². The summed E-state index contributed by atoms with van der Waals surface area (Å²) in [6, 6.07) is 14.3. The van der Waals surface area contributed by atoms with E-state index in [1.165, 1.54) is 4.90 Å². The summed E-state index contributed by atoms with van der Waals surface area (Å²) in [6.45, 7) is 0.641. The van der Waals surface area contributed by atoms with Gasteiger partial charge in [0, 0.05) is 25.2 Å². The van der Waals surface area contributed by atoms with Crippen LogP contribution in [0.5, 0.6) is 11.5 Å². The van der Waals surface area contributed by atoms with Gasteiger partial charge in [-0.1, -0.05) is 24.3 Å². The number of nitrogens with one attached hydrogen (secondary N) is 1. The Morgan fingerprint density at radius 2 is 1.92 bits per heavy atom. The molecule has 26 heavy (non-hydrogen) atoms. The van der Waals surface area contributed by atoms with Crippen LogP contribution in [0.3, 0.4) is 0 Å². The van der Waals surface area contributed by atoms with Crippen molar-refractivity contribution in [3.05, 3.63) is 54.1 Å². The lowest BCUT2D eigenvalue weighted by Gasteiger charge is -2.21. The summed E-state index contributed by atoms with van der Waals surface area (Å²) < 4.78 is 10.5. The first kappa shape index (κ1) is 16.4. The van der Waals surface area contributed by atoms with Gasteiger partial charge >= 0.3 is 0 Å². The third-order valence-electron chi connectivity index (χ3n) is 4.63. The molecule has 0 aliphatic carbocycles. The van der Waals surface area contributed by atoms with Crippen LogP contribution in [0, 0.1) is 0 Å². The smallest absolute Gasteiger partial charge is 0.268 e. The second kappa shape index (κ2) is 6.34. The average Bonchev–Trinajstić information content (AvgIpc) is 3.25. The molecule has 2 N–H and O–H groups in total. The third-order valence-corrected chi connectivity index (χ3v) is 4.63. The van der Waals surface area contributed by atoms with Crippen LogP contribution in [-0.4, -0.2) is 35.9 Å². The molecular weight excluding hydrogens is 336 g/mol. The summed E-state index contributed by atoms with van der Waals surface area (Å²) >= 11 is 0. The monoisotopic (exact) mass is 354 g/mol. The van der Waals surface area contributed by atoms with Crippen molar-refractivity contribution >= 4 is 17.5 Å². The zero-order chi connectivity index (χ0) is 18.1. The number of hydrogen-bond acceptors (Lipinski definition) is 5. The molecule has 7 nitrogen and oxygen atoms in total. The largest absolute Gasteiger partial charge is 0.454 e. The van der Waals surface area contributed by atoms with E-state index in [0.29, 0.717) is 17.2 Å². The van der Waals surface area contributed by atoms with Crippen molar-refractivity contribution in [1.29, 1.82) is 0 Å². The molecule has 2 heterocycles. The third kappa shape index (κ3) is 2.76. The standard InChI is InChI=1S/C19H18N2O5/c22-17(20-11-13-6-7-15-16(10-13)26-12-25-15)19(24)8-9-21(18(19)23)14-4-2-1-3-5-14/h1-7,10,24H,8-9,11-12H2,(H,20,22)/t19-/m0/s1. The Morgan fingerprint density at radius 1 is 1.15 bits per heavy atom. The van der Waals surface area contributed by atoms with E-state index in [-0.39, 0.29) is 26.3 Å². The molecule has 0 radical (unpaired) electrons. The van der Waals surface area contributed by atoms with E-state index in [1.54, 1.807) is 42.5 Å². The number of amides is 2. The van der Waals surface area contributed by atoms with Gasteiger partial charge in [0.05, 0.1) is 0 Å². The first-order chi connectivity index (χ1) is 12.6. The SMILES string of the molecule is O=C(NCc1ccc2c(c1)OCO2)[C@@]1(O)CCN(c2ccccc2)C1=O. The van der Waals surface area contributed by atoms with Crippen LogP contribution in [-0.2, 0) is 16.1 Å². The Morgan fingerprint density at radius 3 is 2.73 bits per heavy atom. The molecule has 0 aromatic heterocycles. The summed E-state index contributed by atoms with van der Waals surface area (Å²) in [5.41, 5.74) is -0.597. The topological polar surface area (TPSA) is 88.1 Å². The highest BCUT2D eigenvalue weighted by atomic mass is 16.7. The number of anilines is 1. The van der Waals surface area contributed by atoms with Crippen molar-refractivity contribution in [3.8, 4) is 11.5 Å². The summed E-state index contributed by atoms with van der Waals surface area (Å²) in [7, 11) is 0. The maximum atomic E-state index is 12.6. The minimum absolute atomic E-state index is 0.0493. The molecule has 0 unspecified atom stereocenters. The highest BCUT2D eigenvalue weighted by molar-refractivity contribution is 6.16. The number of aliphatic hydroxyl groups is 1. The van der Waals surface area contributed by atoms with E-state index < -0.39 is 17.4 Å². The minimum Gasteiger partial charge on any atom is -0.454 e. The molecule has 0 bridgehead atoms. The van der Waals surface area contributed by atoms with Crippen molar-refractivity contribution in [2.24, 2.45) is 0 Å². The van der Waals surface area contributed by atoms with Gasteiger partial charge < -0.3 is 24.8 Å². The fraction of sp³-hybridized carbons (Fsp3) is 0.263. The first-order valence-corrected chi connectivity index (χ1v) is 8.34. The molecule has 7 heteroatoms. The molecule has 2 aromatic rings. The van der Waals surface area contributed by atoms with Crippen molar-refractivity contribution in [1.82, 2.24) is 5.32 Å². The summed E-state index contributed by atoms with van der Waals surface area (Å²) in [5, 5.41) is 13.3. The molecular formula is C19H18N2O5. The number of fused-ring (bicyclic) bond motifs is 1. The number of rotatable bonds is 4. The highest BCUT2D eigenvalue weighted by Crippen LogP contribution is 2.33. The lowest BCUT2D eigenvalue weighted by molar-refractivity contribution is -0.149. The van der Waals surface area contributed by atoms with E-state index in [4.69, 9.17) is 9.47 Å². The van der Waals surface area contributed by atoms with Gasteiger partial charge in [0.1, 0.15) is 0 Å². The lowest BCUT2D eigenvalue weighted by atomic mass is 10.0. The van der Waals surface area contributed by atoms with Gasteiger partial charge in [0.15, 0.2) is 11.5 Å². The van der Waals surface area contributed by atoms with Crippen LogP contribution in [0.25, 0.3) is 0 Å². The lowest BCUT2D eigenvalue weighted by Crippen LogP contribution is -2.52. The van der Waals surface area contributed by atoms with Crippen molar-refractivity contribution < 1.29 is 24.2 Å². The van der Waals surface area contributed by atoms with E-state index >= 15 is 0 Å². The van der Waals surface area contributed by atoms with Gasteiger partial charge in [-0.3, -0.25) is 9.59 Å². The Hall–Kier alpha value is -3.06. The van der Waals surface area contributed by atoms with Crippen molar-refractivity contribution in [2.75, 3.05) is 18.2 Å². The predicted molar refractivity (Wildman–Crippen MR) is 92.8 cm³/mol. The molecule has 0 saturated carbocycles. The van der Waals surface area contributed by atoms with E-state index in [1.807, 2.05) is 6.07 Å². The predicted octanol–water partition coefficient (Wildman–Crippen LogP) is 1.20. The van der Waals surface area contributed by atoms with Crippen LogP contribution in [0.15, 0.2) is 48.5 Å². The fourth-order valence-electron chi connectivity index (χ4n) is 3.15. The Bertz CT molecular complexity index is 854. The van der Waals surface area contributed by atoms with Crippen LogP contribution in [0.2, 0.25) is 0 Å². The number of para-hydroxylation sites is 1. The maximum Gasteiger partial charge on any atom is 0.268 e. The van der Waals surface area contributed by atoms with Crippen LogP contribution in [0.1, 0.15) is 12.0 Å². The zero-order valence-electron chi connectivity index (χ0n) is 14.0. The first-order valence-electron chi connectivity index (χ1n) is 8.34. The number of nitrogens with zero attached hydrogens (tertiary/aromatic N) is 1. The Labute approximate surface area is 150 Å². The molecule has 0 spiro atoms. The quantitative estimate of drug-likeness (QED) is 0.806. The zero-order valence-corrected chi connectivity index (χ0v) is 14.0. The number of benzene rings is 2. The fourth-order valence-corrected chi connectivity index (χ4v) is 3.15. The van der Waals surface area contributed by atoms with Gasteiger partial charge in [-0.2, -0.15) is 0 Å². The van der Waals surface area contributed by atoms with E-state index in [0.717, 1.165) is 5.56 Å². The number of carbonyl (C=O) groups is 2. The molecule has 1 fully saturated rings. The maximum absolute atomic E-state index is 12.6. The summed E-state index contributed by atoms with van der Waals surface area (Å²) in [5.74, 6) is -0.0312. The Balaban J connectivity index is 1.43. The van der Waals surface area contributed by atoms with Gasteiger partial charge in [-0.25, -0.2) is 0 Å². The normalized spacial score (nSPS) is 21.1. The van der Waals surface area contributed by atoms with Gasteiger partial charge in [-0.05, 0) is 29.8 Å². The number of hydrogen-bond donors (Lipinski definition) is 2. The molecule has 1 saturated heterocycles. The second-order valence-corrected chi connectivity index (χ2v) is 6.27. The molecule has 1 atom stereocenters.